The van der Waals surface area contributed by atoms with E-state index >= 15 is 0 Å². The number of anilines is 1. The SMILES string of the molecule is CCc1c(C(=O)O)sc2c(NC(=O)c3cccs3)nn(C(=O)c3cccs3)c12. The third kappa shape index (κ3) is 3.05. The summed E-state index contributed by atoms with van der Waals surface area (Å²) in [5.41, 5.74) is 0.964. The molecule has 28 heavy (non-hydrogen) atoms. The Labute approximate surface area is 170 Å². The molecule has 142 valence electrons. The number of thiophene rings is 3. The van der Waals surface area contributed by atoms with Crippen LogP contribution in [0, 0.1) is 0 Å². The number of hydrogen-bond acceptors (Lipinski definition) is 7. The average Bonchev–Trinajstić information content (AvgIpc) is 3.45. The van der Waals surface area contributed by atoms with E-state index in [1.54, 1.807) is 35.0 Å². The third-order valence-electron chi connectivity index (χ3n) is 4.06. The van der Waals surface area contributed by atoms with Gasteiger partial charge in [0.15, 0.2) is 5.82 Å². The van der Waals surface area contributed by atoms with Crippen molar-refractivity contribution in [2.45, 2.75) is 13.3 Å². The number of aromatic carboxylic acids is 1. The molecule has 0 aliphatic carbocycles. The number of amides is 1. The van der Waals surface area contributed by atoms with Crippen molar-refractivity contribution in [2.24, 2.45) is 0 Å². The molecule has 2 N–H and O–H groups in total. The summed E-state index contributed by atoms with van der Waals surface area (Å²) in [6.07, 6.45) is 0.420. The molecule has 0 aliphatic heterocycles. The highest BCUT2D eigenvalue weighted by atomic mass is 32.1. The predicted octanol–water partition coefficient (Wildman–Crippen LogP) is 4.42. The number of hydrogen-bond donors (Lipinski definition) is 2. The van der Waals surface area contributed by atoms with Crippen LogP contribution in [0.25, 0.3) is 10.2 Å². The van der Waals surface area contributed by atoms with Gasteiger partial charge in [-0.05, 0) is 29.3 Å². The molecule has 0 radical (unpaired) electrons. The fraction of sp³-hybridized carbons (Fsp3) is 0.111. The highest BCUT2D eigenvalue weighted by molar-refractivity contribution is 7.21. The molecule has 0 bridgehead atoms. The minimum Gasteiger partial charge on any atom is -0.477 e. The van der Waals surface area contributed by atoms with Crippen LogP contribution in [0.15, 0.2) is 35.0 Å². The van der Waals surface area contributed by atoms with Gasteiger partial charge in [-0.1, -0.05) is 19.1 Å². The van der Waals surface area contributed by atoms with Gasteiger partial charge in [0.1, 0.15) is 4.88 Å². The first kappa shape index (κ1) is 18.5. The van der Waals surface area contributed by atoms with Gasteiger partial charge in [0.05, 0.1) is 20.0 Å². The average molecular weight is 432 g/mol. The zero-order chi connectivity index (χ0) is 19.8. The lowest BCUT2D eigenvalue weighted by molar-refractivity contribution is 0.0700. The van der Waals surface area contributed by atoms with Gasteiger partial charge in [-0.15, -0.1) is 39.1 Å². The molecule has 0 spiro atoms. The molecule has 0 fully saturated rings. The first-order valence-electron chi connectivity index (χ1n) is 8.22. The Morgan fingerprint density at radius 1 is 1.14 bits per heavy atom. The van der Waals surface area contributed by atoms with Crippen molar-refractivity contribution in [1.29, 1.82) is 0 Å². The smallest absolute Gasteiger partial charge is 0.346 e. The van der Waals surface area contributed by atoms with E-state index in [2.05, 4.69) is 10.4 Å². The van der Waals surface area contributed by atoms with E-state index in [9.17, 15) is 19.5 Å². The van der Waals surface area contributed by atoms with Crippen LogP contribution in [0.1, 0.15) is 41.5 Å². The highest BCUT2D eigenvalue weighted by Crippen LogP contribution is 2.37. The summed E-state index contributed by atoms with van der Waals surface area (Å²) in [4.78, 5) is 38.2. The highest BCUT2D eigenvalue weighted by Gasteiger charge is 2.27. The van der Waals surface area contributed by atoms with Crippen LogP contribution in [0.4, 0.5) is 5.82 Å². The predicted molar refractivity (Wildman–Crippen MR) is 110 cm³/mol. The van der Waals surface area contributed by atoms with Crippen LogP contribution < -0.4 is 5.32 Å². The standard InChI is InChI=1S/C18H13N3O4S3/c1-2-9-12-14(28-13(9)18(24)25)15(19-16(22)10-5-3-7-26-10)20-21(12)17(23)11-6-4-8-27-11/h3-8H,2H2,1H3,(H,24,25)(H,19,20,22). The number of rotatable bonds is 5. The van der Waals surface area contributed by atoms with Gasteiger partial charge in [0.25, 0.3) is 11.8 Å². The third-order valence-corrected chi connectivity index (χ3v) is 7.00. The van der Waals surface area contributed by atoms with Crippen LogP contribution in [-0.4, -0.2) is 32.7 Å². The maximum Gasteiger partial charge on any atom is 0.346 e. The Balaban J connectivity index is 1.89. The van der Waals surface area contributed by atoms with E-state index in [1.807, 2.05) is 6.92 Å². The topological polar surface area (TPSA) is 101 Å². The molecular formula is C18H13N3O4S3. The van der Waals surface area contributed by atoms with E-state index in [0.29, 0.717) is 32.0 Å². The first-order valence-corrected chi connectivity index (χ1v) is 10.8. The van der Waals surface area contributed by atoms with Gasteiger partial charge in [0, 0.05) is 5.56 Å². The summed E-state index contributed by atoms with van der Waals surface area (Å²) in [5.74, 6) is -1.59. The van der Waals surface area contributed by atoms with E-state index in [-0.39, 0.29) is 22.5 Å². The second-order valence-electron chi connectivity index (χ2n) is 5.72. The van der Waals surface area contributed by atoms with Gasteiger partial charge in [-0.2, -0.15) is 4.68 Å². The van der Waals surface area contributed by atoms with Crippen molar-refractivity contribution >= 4 is 67.8 Å². The molecule has 0 saturated heterocycles. The minimum atomic E-state index is -1.07. The van der Waals surface area contributed by atoms with E-state index < -0.39 is 5.97 Å². The van der Waals surface area contributed by atoms with Crippen LogP contribution in [0.2, 0.25) is 0 Å². The van der Waals surface area contributed by atoms with Crippen molar-refractivity contribution in [3.05, 3.63) is 55.2 Å². The number of nitrogens with zero attached hydrogens (tertiary/aromatic N) is 2. The Bertz CT molecular complexity index is 1190. The number of carbonyl (C=O) groups is 3. The van der Waals surface area contributed by atoms with Crippen molar-refractivity contribution in [3.63, 3.8) is 0 Å². The lowest BCUT2D eigenvalue weighted by Crippen LogP contribution is -2.15. The Hall–Kier alpha value is -2.82. The normalized spacial score (nSPS) is 11.0. The number of carboxylic acid groups (broad SMARTS) is 1. The number of nitrogens with one attached hydrogen (secondary N) is 1. The second kappa shape index (κ2) is 7.30. The van der Waals surface area contributed by atoms with Crippen molar-refractivity contribution in [1.82, 2.24) is 9.78 Å². The molecule has 0 aromatic carbocycles. The van der Waals surface area contributed by atoms with Gasteiger partial charge >= 0.3 is 5.97 Å². The molecule has 4 aromatic heterocycles. The fourth-order valence-corrected chi connectivity index (χ4v) is 5.27. The lowest BCUT2D eigenvalue weighted by Gasteiger charge is -2.03. The van der Waals surface area contributed by atoms with Gasteiger partial charge < -0.3 is 10.4 Å². The van der Waals surface area contributed by atoms with Crippen LogP contribution in [0.3, 0.4) is 0 Å². The van der Waals surface area contributed by atoms with E-state index in [1.165, 1.54) is 27.4 Å². The maximum atomic E-state index is 13.0. The number of carbonyl (C=O) groups excluding carboxylic acids is 2. The molecule has 0 aliphatic rings. The summed E-state index contributed by atoms with van der Waals surface area (Å²) >= 11 is 3.57. The second-order valence-corrected chi connectivity index (χ2v) is 8.64. The Kier molecular flexibility index (Phi) is 4.84. The van der Waals surface area contributed by atoms with Crippen LogP contribution in [-0.2, 0) is 6.42 Å². The van der Waals surface area contributed by atoms with Crippen molar-refractivity contribution < 1.29 is 19.5 Å². The van der Waals surface area contributed by atoms with Gasteiger partial charge in [-0.3, -0.25) is 9.59 Å². The summed E-state index contributed by atoms with van der Waals surface area (Å²) in [6, 6.07) is 6.88. The molecule has 0 saturated carbocycles. The molecule has 4 heterocycles. The molecular weight excluding hydrogens is 418 g/mol. The van der Waals surface area contributed by atoms with E-state index in [4.69, 9.17) is 0 Å². The summed E-state index contributed by atoms with van der Waals surface area (Å²) in [5, 5.41) is 20.2. The Morgan fingerprint density at radius 3 is 2.39 bits per heavy atom. The molecule has 0 unspecified atom stereocenters. The molecule has 7 nitrogen and oxygen atoms in total. The van der Waals surface area contributed by atoms with Gasteiger partial charge in [-0.25, -0.2) is 4.79 Å². The zero-order valence-corrected chi connectivity index (χ0v) is 16.9. The molecule has 4 rings (SSSR count). The Morgan fingerprint density at radius 2 is 1.82 bits per heavy atom. The van der Waals surface area contributed by atoms with E-state index in [0.717, 1.165) is 11.3 Å². The number of carboxylic acids is 1. The molecule has 4 aromatic rings. The summed E-state index contributed by atoms with van der Waals surface area (Å²) < 4.78 is 1.68. The summed E-state index contributed by atoms with van der Waals surface area (Å²) in [7, 11) is 0. The number of fused-ring (bicyclic) bond motifs is 1. The lowest BCUT2D eigenvalue weighted by atomic mass is 10.1. The monoisotopic (exact) mass is 431 g/mol. The quantitative estimate of drug-likeness (QED) is 0.487. The summed E-state index contributed by atoms with van der Waals surface area (Å²) in [6.45, 7) is 1.82. The molecule has 1 amide bonds. The van der Waals surface area contributed by atoms with Crippen LogP contribution in [0.5, 0.6) is 0 Å². The molecule has 0 atom stereocenters. The van der Waals surface area contributed by atoms with Crippen LogP contribution >= 0.6 is 34.0 Å². The van der Waals surface area contributed by atoms with Crippen molar-refractivity contribution in [2.75, 3.05) is 5.32 Å². The zero-order valence-electron chi connectivity index (χ0n) is 14.5. The molecule has 10 heteroatoms. The fourth-order valence-electron chi connectivity index (χ4n) is 2.85. The van der Waals surface area contributed by atoms with Crippen molar-refractivity contribution in [3.8, 4) is 0 Å². The minimum absolute atomic E-state index is 0.147. The first-order chi connectivity index (χ1) is 13.5. The largest absolute Gasteiger partial charge is 0.477 e. The maximum absolute atomic E-state index is 13.0. The number of aryl methyl sites for hydroxylation is 1. The van der Waals surface area contributed by atoms with Gasteiger partial charge in [0.2, 0.25) is 0 Å². The number of aromatic nitrogens is 2.